The molecule has 0 fully saturated rings. The molecule has 8 aromatic rings. The maximum absolute atomic E-state index is 6.88. The molecule has 0 bridgehead atoms. The van der Waals surface area contributed by atoms with Crippen LogP contribution in [-0.4, -0.2) is 6.85 Å². The van der Waals surface area contributed by atoms with Gasteiger partial charge in [-0.15, -0.1) is 0 Å². The van der Waals surface area contributed by atoms with Crippen LogP contribution in [-0.2, 0) is 27.1 Å². The van der Waals surface area contributed by atoms with E-state index in [1.807, 2.05) is 0 Å². The molecule has 342 valence electrons. The third kappa shape index (κ3) is 6.31. The quantitative estimate of drug-likeness (QED) is 0.165. The first-order chi connectivity index (χ1) is 32.1. The van der Waals surface area contributed by atoms with Crippen molar-refractivity contribution in [2.24, 2.45) is 0 Å². The lowest BCUT2D eigenvalue weighted by Gasteiger charge is -2.49. The minimum absolute atomic E-state index is 0.0279. The van der Waals surface area contributed by atoms with E-state index < -0.39 is 0 Å². The molecule has 0 unspecified atom stereocenters. The second-order valence-electron chi connectivity index (χ2n) is 24.8. The second kappa shape index (κ2) is 14.3. The van der Waals surface area contributed by atoms with Crippen molar-refractivity contribution >= 4 is 68.1 Å². The monoisotopic (exact) mass is 891 g/mol. The van der Waals surface area contributed by atoms with Crippen molar-refractivity contribution < 1.29 is 4.42 Å². The van der Waals surface area contributed by atoms with E-state index in [4.69, 9.17) is 4.42 Å². The predicted octanol–water partition coefficient (Wildman–Crippen LogP) is 16.6. The van der Waals surface area contributed by atoms with E-state index in [0.717, 1.165) is 41.2 Å². The summed E-state index contributed by atoms with van der Waals surface area (Å²) in [6.07, 6.45) is 4.66. The lowest BCUT2D eigenvalue weighted by molar-refractivity contribution is 0.332. The van der Waals surface area contributed by atoms with Crippen LogP contribution in [0.1, 0.15) is 141 Å². The van der Waals surface area contributed by atoms with Gasteiger partial charge >= 0.3 is 6.85 Å². The Kier molecular flexibility index (Phi) is 9.10. The van der Waals surface area contributed by atoms with Gasteiger partial charge in [-0.2, -0.15) is 0 Å². The Morgan fingerprint density at radius 3 is 1.72 bits per heavy atom. The maximum Gasteiger partial charge on any atom is 0.333 e. The van der Waals surface area contributed by atoms with Crippen molar-refractivity contribution in [3.8, 4) is 22.3 Å². The smallest absolute Gasteiger partial charge is 0.333 e. The Labute approximate surface area is 405 Å². The summed E-state index contributed by atoms with van der Waals surface area (Å²) < 4.78 is 6.88. The number of benzene rings is 7. The summed E-state index contributed by atoms with van der Waals surface area (Å²) >= 11 is 0. The zero-order valence-electron chi connectivity index (χ0n) is 42.8. The van der Waals surface area contributed by atoms with Gasteiger partial charge < -0.3 is 14.1 Å². The van der Waals surface area contributed by atoms with Crippen LogP contribution in [0.3, 0.4) is 0 Å². The number of nitrogens with zero attached hydrogens (tertiary/aromatic N) is 2. The van der Waals surface area contributed by atoms with Crippen molar-refractivity contribution in [3.05, 3.63) is 160 Å². The molecule has 7 aromatic carbocycles. The van der Waals surface area contributed by atoms with Crippen LogP contribution >= 0.6 is 0 Å². The molecule has 2 aliphatic carbocycles. The number of rotatable bonds is 3. The summed E-state index contributed by atoms with van der Waals surface area (Å²) in [4.78, 5) is 5.40. The van der Waals surface area contributed by atoms with Gasteiger partial charge in [0, 0.05) is 44.8 Å². The van der Waals surface area contributed by atoms with Gasteiger partial charge in [-0.3, -0.25) is 0 Å². The molecule has 0 saturated carbocycles. The predicted molar refractivity (Wildman–Crippen MR) is 292 cm³/mol. The molecular weight excluding hydrogens is 824 g/mol. The molecule has 0 atom stereocenters. The summed E-state index contributed by atoms with van der Waals surface area (Å²) in [5, 5.41) is 2.30. The van der Waals surface area contributed by atoms with Crippen LogP contribution in [0.25, 0.3) is 44.2 Å². The van der Waals surface area contributed by atoms with Gasteiger partial charge in [-0.1, -0.05) is 137 Å². The largest absolute Gasteiger partial charge is 0.456 e. The fourth-order valence-electron chi connectivity index (χ4n) is 12.9. The van der Waals surface area contributed by atoms with E-state index in [-0.39, 0.29) is 33.9 Å². The first-order valence-corrected chi connectivity index (χ1v) is 25.4. The summed E-state index contributed by atoms with van der Waals surface area (Å²) in [6, 6.07) is 47.5. The zero-order valence-corrected chi connectivity index (χ0v) is 42.8. The van der Waals surface area contributed by atoms with Crippen LogP contribution in [0.2, 0.25) is 0 Å². The number of anilines is 5. The van der Waals surface area contributed by atoms with Crippen LogP contribution in [0.4, 0.5) is 28.4 Å². The molecule has 0 amide bonds. The summed E-state index contributed by atoms with van der Waals surface area (Å²) in [7, 11) is 0. The van der Waals surface area contributed by atoms with Crippen LogP contribution in [0, 0.1) is 13.8 Å². The van der Waals surface area contributed by atoms with E-state index in [2.05, 4.69) is 221 Å². The molecule has 0 spiro atoms. The van der Waals surface area contributed by atoms with Crippen molar-refractivity contribution in [1.82, 2.24) is 0 Å². The highest BCUT2D eigenvalue weighted by atomic mass is 16.3. The van der Waals surface area contributed by atoms with E-state index in [1.165, 1.54) is 107 Å². The summed E-state index contributed by atoms with van der Waals surface area (Å²) in [5.74, 6) is 0. The Bertz CT molecular complexity index is 3430. The highest BCUT2D eigenvalue weighted by molar-refractivity contribution is 6.93. The van der Waals surface area contributed by atoms with E-state index >= 15 is 0 Å². The Morgan fingerprint density at radius 1 is 0.485 bits per heavy atom. The summed E-state index contributed by atoms with van der Waals surface area (Å²) in [5.41, 5.74) is 25.9. The van der Waals surface area contributed by atoms with Crippen molar-refractivity contribution in [2.75, 3.05) is 9.71 Å². The van der Waals surface area contributed by atoms with Gasteiger partial charge in [0.15, 0.2) is 0 Å². The van der Waals surface area contributed by atoms with Gasteiger partial charge in [0.05, 0.1) is 0 Å². The fraction of sp³-hybridized carbons (Fsp3) is 0.344. The Hall–Kier alpha value is -6.00. The third-order valence-corrected chi connectivity index (χ3v) is 17.4. The average molecular weight is 891 g/mol. The summed E-state index contributed by atoms with van der Waals surface area (Å²) in [6.45, 7) is 31.1. The Morgan fingerprint density at radius 2 is 1.07 bits per heavy atom. The van der Waals surface area contributed by atoms with Gasteiger partial charge in [0.1, 0.15) is 11.2 Å². The molecule has 68 heavy (non-hydrogen) atoms. The lowest BCUT2D eigenvalue weighted by Crippen LogP contribution is -2.61. The van der Waals surface area contributed by atoms with Crippen LogP contribution in [0.5, 0.6) is 0 Å². The third-order valence-electron chi connectivity index (χ3n) is 17.4. The topological polar surface area (TPSA) is 19.6 Å². The molecule has 0 radical (unpaired) electrons. The number of furan rings is 1. The van der Waals surface area contributed by atoms with Gasteiger partial charge in [-0.05, 0) is 194 Å². The molecule has 4 aliphatic rings. The molecule has 2 aliphatic heterocycles. The molecule has 0 N–H and O–H groups in total. The zero-order chi connectivity index (χ0) is 47.6. The van der Waals surface area contributed by atoms with Crippen molar-refractivity contribution in [3.63, 3.8) is 0 Å². The fourth-order valence-corrected chi connectivity index (χ4v) is 12.9. The molecule has 1 aromatic heterocycles. The standard InChI is InChI=1S/C64H67BN2O/c1-38-18-14-15-19-43(38)40-31-47-45-33-49-51(64(12,13)29-27-62(49,8)9)36-54(45)67(42-24-22-41(23-25-42)60(3,4)5)65-52-37-58-46(44-20-16-17-21-57(44)68-58)34-55(52)66(56(32-40)59(47)65)53-35-50-48(30-39(53)2)61(6,7)26-28-63(50,10)11/h14-25,30-37H,26-29H2,1-13H3. The van der Waals surface area contributed by atoms with Gasteiger partial charge in [-0.25, -0.2) is 0 Å². The molecule has 4 heteroatoms. The molecule has 0 saturated heterocycles. The second-order valence-corrected chi connectivity index (χ2v) is 24.8. The average Bonchev–Trinajstić information content (AvgIpc) is 3.66. The number of fused-ring (bicyclic) bond motifs is 9. The molecule has 3 heterocycles. The van der Waals surface area contributed by atoms with E-state index in [0.29, 0.717) is 0 Å². The highest BCUT2D eigenvalue weighted by Gasteiger charge is 2.48. The highest BCUT2D eigenvalue weighted by Crippen LogP contribution is 2.56. The maximum atomic E-state index is 6.88. The SMILES string of the molecule is Cc1ccccc1-c1cc2c3c(c1)N(c1cc4c(cc1C)C(C)(C)CCC4(C)C)c1cc4c(cc1B3N(c1ccc(C(C)(C)C)cc1)c1cc3c(cc1-2)C(C)(C)CCC3(C)C)oc1ccccc14. The first kappa shape index (κ1) is 43.3. The van der Waals surface area contributed by atoms with Crippen LogP contribution < -0.4 is 20.6 Å². The molecular formula is C64H67BN2O. The number of para-hydroxylation sites is 1. The minimum atomic E-state index is -0.145. The van der Waals surface area contributed by atoms with Crippen LogP contribution in [0.15, 0.2) is 126 Å². The molecule has 12 rings (SSSR count). The van der Waals surface area contributed by atoms with Crippen molar-refractivity contribution in [2.45, 2.75) is 143 Å². The first-order valence-electron chi connectivity index (χ1n) is 25.4. The van der Waals surface area contributed by atoms with Crippen molar-refractivity contribution in [1.29, 1.82) is 0 Å². The van der Waals surface area contributed by atoms with Gasteiger partial charge in [0.25, 0.3) is 0 Å². The van der Waals surface area contributed by atoms with E-state index in [1.54, 1.807) is 0 Å². The van der Waals surface area contributed by atoms with E-state index in [9.17, 15) is 0 Å². The normalized spacial score (nSPS) is 18.2. The number of hydrogen-bond acceptors (Lipinski definition) is 3. The number of aryl methyl sites for hydroxylation is 2. The number of hydrogen-bond donors (Lipinski definition) is 0. The molecule has 3 nitrogen and oxygen atoms in total. The Balaban J connectivity index is 1.26. The van der Waals surface area contributed by atoms with Gasteiger partial charge in [0.2, 0.25) is 0 Å². The lowest BCUT2D eigenvalue weighted by atomic mass is 9.43. The minimum Gasteiger partial charge on any atom is -0.456 e.